The van der Waals surface area contributed by atoms with Crippen LogP contribution in [0.25, 0.3) is 0 Å². The molecule has 76 valence electrons. The van der Waals surface area contributed by atoms with Crippen LogP contribution in [0.1, 0.15) is 0 Å². The molecule has 0 N–H and O–H groups in total. The number of hydrogen-bond donors (Lipinski definition) is 0. The molecule has 0 aliphatic rings. The fourth-order valence-corrected chi connectivity index (χ4v) is 1.13. The van der Waals surface area contributed by atoms with E-state index in [1.807, 2.05) is 0 Å². The number of hydrogen-bond acceptors (Lipinski definition) is 3. The van der Waals surface area contributed by atoms with E-state index in [2.05, 4.69) is 9.97 Å². The first-order valence-electron chi connectivity index (χ1n) is 4.25. The molecule has 0 amide bonds. The second kappa shape index (κ2) is 4.00. The summed E-state index contributed by atoms with van der Waals surface area (Å²) in [5.41, 5.74) is -0.170. The SMILES string of the molecule is Fc1ccccc1N(F)c1ccncn1. The zero-order chi connectivity index (χ0) is 10.7. The Kier molecular flexibility index (Phi) is 2.53. The van der Waals surface area contributed by atoms with Crippen LogP contribution in [0, 0.1) is 5.82 Å². The van der Waals surface area contributed by atoms with Gasteiger partial charge in [0.05, 0.1) is 0 Å². The van der Waals surface area contributed by atoms with Crippen LogP contribution in [0.3, 0.4) is 0 Å². The Morgan fingerprint density at radius 3 is 2.60 bits per heavy atom. The Hall–Kier alpha value is -2.04. The van der Waals surface area contributed by atoms with Crippen molar-refractivity contribution in [2.75, 3.05) is 5.12 Å². The largest absolute Gasteiger partial charge is 0.245 e. The Balaban J connectivity index is 2.37. The summed E-state index contributed by atoms with van der Waals surface area (Å²) in [6.07, 6.45) is 2.58. The zero-order valence-corrected chi connectivity index (χ0v) is 7.64. The topological polar surface area (TPSA) is 29.0 Å². The molecule has 0 fully saturated rings. The molecule has 0 saturated heterocycles. The Morgan fingerprint density at radius 2 is 1.93 bits per heavy atom. The Morgan fingerprint density at radius 1 is 1.13 bits per heavy atom. The molecule has 0 atom stereocenters. The quantitative estimate of drug-likeness (QED) is 0.709. The summed E-state index contributed by atoms with van der Waals surface area (Å²) in [4.78, 5) is 7.31. The lowest BCUT2D eigenvalue weighted by Crippen LogP contribution is -2.07. The number of para-hydroxylation sites is 1. The van der Waals surface area contributed by atoms with Crippen LogP contribution in [0.4, 0.5) is 20.4 Å². The van der Waals surface area contributed by atoms with Gasteiger partial charge in [-0.2, -0.15) is 5.12 Å². The molecular weight excluding hydrogens is 200 g/mol. The number of halogens is 2. The van der Waals surface area contributed by atoms with Crippen molar-refractivity contribution in [1.29, 1.82) is 0 Å². The van der Waals surface area contributed by atoms with E-state index in [0.29, 0.717) is 0 Å². The van der Waals surface area contributed by atoms with Gasteiger partial charge in [0.15, 0.2) is 5.82 Å². The highest BCUT2D eigenvalue weighted by molar-refractivity contribution is 5.56. The molecule has 1 aromatic heterocycles. The minimum Gasteiger partial charge on any atom is -0.245 e. The predicted molar refractivity (Wildman–Crippen MR) is 51.7 cm³/mol. The average Bonchev–Trinajstić information content (AvgIpc) is 2.30. The third kappa shape index (κ3) is 1.90. The monoisotopic (exact) mass is 207 g/mol. The van der Waals surface area contributed by atoms with E-state index >= 15 is 0 Å². The lowest BCUT2D eigenvalue weighted by atomic mass is 10.3. The molecule has 5 heteroatoms. The molecule has 2 rings (SSSR count). The fraction of sp³-hybridized carbons (Fsp3) is 0. The maximum absolute atomic E-state index is 13.6. The molecule has 1 aromatic carbocycles. The predicted octanol–water partition coefficient (Wildman–Crippen LogP) is 2.64. The van der Waals surface area contributed by atoms with Gasteiger partial charge in [-0.1, -0.05) is 16.6 Å². The third-order valence-corrected chi connectivity index (χ3v) is 1.83. The summed E-state index contributed by atoms with van der Waals surface area (Å²) in [6.45, 7) is 0. The number of anilines is 2. The molecule has 3 nitrogen and oxygen atoms in total. The second-order valence-electron chi connectivity index (χ2n) is 2.80. The third-order valence-electron chi connectivity index (χ3n) is 1.83. The summed E-state index contributed by atoms with van der Waals surface area (Å²) < 4.78 is 26.8. The van der Waals surface area contributed by atoms with E-state index in [9.17, 15) is 8.87 Å². The number of rotatable bonds is 2. The van der Waals surface area contributed by atoms with Crippen LogP contribution in [0.5, 0.6) is 0 Å². The minimum atomic E-state index is -0.640. The molecule has 0 saturated carbocycles. The summed E-state index contributed by atoms with van der Waals surface area (Å²) in [7, 11) is 0. The molecule has 15 heavy (non-hydrogen) atoms. The van der Waals surface area contributed by atoms with E-state index < -0.39 is 5.82 Å². The van der Waals surface area contributed by atoms with Crippen LogP contribution >= 0.6 is 0 Å². The van der Waals surface area contributed by atoms with Crippen molar-refractivity contribution in [3.05, 3.63) is 48.7 Å². The van der Waals surface area contributed by atoms with E-state index in [0.717, 1.165) is 0 Å². The molecular formula is C10H7F2N3. The standard InChI is InChI=1S/C10H7F2N3/c11-8-3-1-2-4-9(8)15(12)10-5-6-13-7-14-10/h1-7H. The van der Waals surface area contributed by atoms with Gasteiger partial charge in [0.25, 0.3) is 0 Å². The first kappa shape index (κ1) is 9.51. The maximum Gasteiger partial charge on any atom is 0.166 e. The number of aromatic nitrogens is 2. The van der Waals surface area contributed by atoms with E-state index in [-0.39, 0.29) is 16.6 Å². The van der Waals surface area contributed by atoms with E-state index in [4.69, 9.17) is 0 Å². The number of nitrogens with zero attached hydrogens (tertiary/aromatic N) is 3. The highest BCUT2D eigenvalue weighted by Gasteiger charge is 2.12. The van der Waals surface area contributed by atoms with Gasteiger partial charge in [-0.15, -0.1) is 0 Å². The molecule has 0 radical (unpaired) electrons. The van der Waals surface area contributed by atoms with Crippen LogP contribution in [-0.4, -0.2) is 9.97 Å². The van der Waals surface area contributed by atoms with Crippen LogP contribution in [0.15, 0.2) is 42.9 Å². The van der Waals surface area contributed by atoms with Crippen molar-refractivity contribution >= 4 is 11.5 Å². The Bertz CT molecular complexity index is 447. The minimum absolute atomic E-state index is 0.00454. The van der Waals surface area contributed by atoms with Gasteiger partial charge in [0.1, 0.15) is 17.8 Å². The van der Waals surface area contributed by atoms with Crippen molar-refractivity contribution in [1.82, 2.24) is 9.97 Å². The molecule has 0 spiro atoms. The lowest BCUT2D eigenvalue weighted by Gasteiger charge is -2.12. The van der Waals surface area contributed by atoms with Crippen molar-refractivity contribution in [3.8, 4) is 0 Å². The maximum atomic E-state index is 13.6. The lowest BCUT2D eigenvalue weighted by molar-refractivity contribution is 0.483. The second-order valence-corrected chi connectivity index (χ2v) is 2.80. The Labute approximate surface area is 85.0 Å². The van der Waals surface area contributed by atoms with Crippen molar-refractivity contribution in [3.63, 3.8) is 0 Å². The van der Waals surface area contributed by atoms with Crippen molar-refractivity contribution in [2.24, 2.45) is 0 Å². The summed E-state index contributed by atoms with van der Waals surface area (Å²) in [6, 6.07) is 6.91. The van der Waals surface area contributed by atoms with Crippen LogP contribution in [-0.2, 0) is 0 Å². The highest BCUT2D eigenvalue weighted by Crippen LogP contribution is 2.25. The van der Waals surface area contributed by atoms with Gasteiger partial charge in [0.2, 0.25) is 0 Å². The number of benzene rings is 1. The smallest absolute Gasteiger partial charge is 0.166 e. The van der Waals surface area contributed by atoms with Gasteiger partial charge in [-0.05, 0) is 12.1 Å². The van der Waals surface area contributed by atoms with E-state index in [1.165, 1.54) is 36.8 Å². The molecule has 2 aromatic rings. The molecule has 0 unspecified atom stereocenters. The van der Waals surface area contributed by atoms with Gasteiger partial charge in [-0.3, -0.25) is 0 Å². The van der Waals surface area contributed by atoms with Crippen LogP contribution < -0.4 is 5.12 Å². The first-order valence-corrected chi connectivity index (χ1v) is 4.25. The molecule has 0 aliphatic heterocycles. The zero-order valence-electron chi connectivity index (χ0n) is 7.64. The summed E-state index contributed by atoms with van der Waals surface area (Å²) >= 11 is 0. The summed E-state index contributed by atoms with van der Waals surface area (Å²) in [5.74, 6) is -0.645. The molecule has 0 bridgehead atoms. The van der Waals surface area contributed by atoms with Gasteiger partial charge < -0.3 is 0 Å². The van der Waals surface area contributed by atoms with Gasteiger partial charge >= 0.3 is 0 Å². The highest BCUT2D eigenvalue weighted by atomic mass is 19.2. The van der Waals surface area contributed by atoms with Crippen molar-refractivity contribution < 1.29 is 8.87 Å². The normalized spacial score (nSPS) is 10.0. The fourth-order valence-electron chi connectivity index (χ4n) is 1.13. The molecule has 1 heterocycles. The van der Waals surface area contributed by atoms with Crippen LogP contribution in [0.2, 0.25) is 0 Å². The van der Waals surface area contributed by atoms with Crippen molar-refractivity contribution in [2.45, 2.75) is 0 Å². The first-order chi connectivity index (χ1) is 7.29. The molecule has 0 aliphatic carbocycles. The van der Waals surface area contributed by atoms with Gasteiger partial charge in [-0.25, -0.2) is 14.4 Å². The van der Waals surface area contributed by atoms with E-state index in [1.54, 1.807) is 6.07 Å². The van der Waals surface area contributed by atoms with Gasteiger partial charge in [0, 0.05) is 12.3 Å². The summed E-state index contributed by atoms with van der Waals surface area (Å²) in [5, 5.41) is 0.178. The average molecular weight is 207 g/mol.